The van der Waals surface area contributed by atoms with Gasteiger partial charge in [-0.2, -0.15) is 0 Å². The predicted molar refractivity (Wildman–Crippen MR) is 95.2 cm³/mol. The summed E-state index contributed by atoms with van der Waals surface area (Å²) in [5, 5.41) is 0. The van der Waals surface area contributed by atoms with Crippen molar-refractivity contribution in [3.63, 3.8) is 0 Å². The molecule has 0 radical (unpaired) electrons. The highest BCUT2D eigenvalue weighted by molar-refractivity contribution is 7.51. The Morgan fingerprint density at radius 3 is 1.57 bits per heavy atom. The molecule has 0 aliphatic rings. The van der Waals surface area contributed by atoms with Gasteiger partial charge < -0.3 is 26.7 Å². The Labute approximate surface area is 150 Å². The van der Waals surface area contributed by atoms with Crippen molar-refractivity contribution in [1.29, 1.82) is 0 Å². The highest BCUT2D eigenvalue weighted by Crippen LogP contribution is 2.35. The maximum atomic E-state index is 10.8. The second-order valence-corrected chi connectivity index (χ2v) is 9.08. The van der Waals surface area contributed by atoms with Crippen molar-refractivity contribution in [3.8, 4) is 0 Å². The third kappa shape index (κ3) is 20.4. The normalized spacial score (nSPS) is 12.2. The molecule has 0 saturated carbocycles. The van der Waals surface area contributed by atoms with Crippen LogP contribution in [0.2, 0.25) is 0 Å². The van der Waals surface area contributed by atoms with Gasteiger partial charge in [0.1, 0.15) is 0 Å². The van der Waals surface area contributed by atoms with Crippen molar-refractivity contribution in [2.24, 2.45) is 0 Å². The summed E-state index contributed by atoms with van der Waals surface area (Å²) in [7, 11) is 0.504. The number of hydrogen-bond donors (Lipinski definition) is 2. The SMILES string of the molecule is CCCCCCCCCCCC[N+](C)(C)CCCP(=O)(O)O.[Cl-]. The molecule has 0 aliphatic heterocycles. The number of quaternary nitrogens is 1. The van der Waals surface area contributed by atoms with Gasteiger partial charge in [-0.1, -0.05) is 58.3 Å². The first-order valence-electron chi connectivity index (χ1n) is 9.13. The van der Waals surface area contributed by atoms with Crippen molar-refractivity contribution in [1.82, 2.24) is 0 Å². The average molecular weight is 372 g/mol. The van der Waals surface area contributed by atoms with E-state index in [0.717, 1.165) is 17.6 Å². The number of unbranched alkanes of at least 4 members (excludes halogenated alkanes) is 9. The summed E-state index contributed by atoms with van der Waals surface area (Å²) in [5.41, 5.74) is 0. The fraction of sp³-hybridized carbons (Fsp3) is 1.00. The molecule has 0 amide bonds. The van der Waals surface area contributed by atoms with E-state index in [2.05, 4.69) is 21.0 Å². The van der Waals surface area contributed by atoms with Crippen LogP contribution in [0.4, 0.5) is 0 Å². The molecule has 0 aliphatic carbocycles. The van der Waals surface area contributed by atoms with Crippen LogP contribution in [0, 0.1) is 0 Å². The van der Waals surface area contributed by atoms with Gasteiger partial charge in [-0.05, 0) is 12.8 Å². The summed E-state index contributed by atoms with van der Waals surface area (Å²) in [4.78, 5) is 17.8. The van der Waals surface area contributed by atoms with E-state index in [0.29, 0.717) is 6.42 Å². The molecule has 0 rings (SSSR count). The largest absolute Gasteiger partial charge is 1.00 e. The Morgan fingerprint density at radius 1 is 0.739 bits per heavy atom. The molecule has 0 saturated heterocycles. The van der Waals surface area contributed by atoms with E-state index in [9.17, 15) is 4.57 Å². The summed E-state index contributed by atoms with van der Waals surface area (Å²) in [6.45, 7) is 4.21. The van der Waals surface area contributed by atoms with Crippen LogP contribution in [-0.4, -0.2) is 47.6 Å². The maximum Gasteiger partial charge on any atom is 0.325 e. The summed E-state index contributed by atoms with van der Waals surface area (Å²) in [6.07, 6.45) is 14.1. The molecule has 0 atom stereocenters. The van der Waals surface area contributed by atoms with Gasteiger partial charge in [-0.3, -0.25) is 4.57 Å². The van der Waals surface area contributed by atoms with E-state index in [4.69, 9.17) is 9.79 Å². The minimum absolute atomic E-state index is 0. The molecule has 23 heavy (non-hydrogen) atoms. The zero-order valence-corrected chi connectivity index (χ0v) is 17.1. The van der Waals surface area contributed by atoms with Crippen LogP contribution in [0.3, 0.4) is 0 Å². The Bertz CT molecular complexity index is 308. The van der Waals surface area contributed by atoms with Crippen LogP contribution in [0.15, 0.2) is 0 Å². The molecule has 142 valence electrons. The lowest BCUT2D eigenvalue weighted by atomic mass is 10.1. The van der Waals surface area contributed by atoms with E-state index in [1.807, 2.05) is 0 Å². The second-order valence-electron chi connectivity index (χ2n) is 7.31. The van der Waals surface area contributed by atoms with Gasteiger partial charge in [-0.15, -0.1) is 0 Å². The topological polar surface area (TPSA) is 57.5 Å². The molecule has 2 N–H and O–H groups in total. The molecule has 0 bridgehead atoms. The van der Waals surface area contributed by atoms with Gasteiger partial charge in [0.05, 0.1) is 33.3 Å². The van der Waals surface area contributed by atoms with Crippen molar-refractivity contribution < 1.29 is 31.2 Å². The van der Waals surface area contributed by atoms with Crippen LogP contribution in [0.1, 0.15) is 77.6 Å². The van der Waals surface area contributed by atoms with Crippen molar-refractivity contribution in [2.45, 2.75) is 77.6 Å². The summed E-state index contributed by atoms with van der Waals surface area (Å²) < 4.78 is 11.7. The second kappa shape index (κ2) is 14.7. The minimum Gasteiger partial charge on any atom is -1.00 e. The van der Waals surface area contributed by atoms with Gasteiger partial charge in [0, 0.05) is 6.42 Å². The Kier molecular flexibility index (Phi) is 16.4. The van der Waals surface area contributed by atoms with Gasteiger partial charge in [-0.25, -0.2) is 0 Å². The number of hydrogen-bond acceptors (Lipinski definition) is 1. The van der Waals surface area contributed by atoms with Crippen LogP contribution >= 0.6 is 7.60 Å². The Hall–Kier alpha value is 0.400. The van der Waals surface area contributed by atoms with Gasteiger partial charge in [0.15, 0.2) is 0 Å². The van der Waals surface area contributed by atoms with E-state index >= 15 is 0 Å². The van der Waals surface area contributed by atoms with Gasteiger partial charge >= 0.3 is 7.60 Å². The molecule has 0 aromatic rings. The third-order valence-corrected chi connectivity index (χ3v) is 5.23. The van der Waals surface area contributed by atoms with Crippen LogP contribution < -0.4 is 12.4 Å². The van der Waals surface area contributed by atoms with Crippen LogP contribution in [0.5, 0.6) is 0 Å². The lowest BCUT2D eigenvalue weighted by Gasteiger charge is -2.30. The van der Waals surface area contributed by atoms with E-state index in [-0.39, 0.29) is 18.6 Å². The molecule has 0 heterocycles. The lowest BCUT2D eigenvalue weighted by molar-refractivity contribution is -0.890. The molecule has 0 aromatic heterocycles. The minimum atomic E-state index is -3.82. The average Bonchev–Trinajstić information content (AvgIpc) is 2.39. The van der Waals surface area contributed by atoms with Crippen molar-refractivity contribution in [3.05, 3.63) is 0 Å². The smallest absolute Gasteiger partial charge is 0.325 e. The summed E-state index contributed by atoms with van der Waals surface area (Å²) >= 11 is 0. The Balaban J connectivity index is 0. The predicted octanol–water partition coefficient (Wildman–Crippen LogP) is 1.56. The van der Waals surface area contributed by atoms with Crippen LogP contribution in [-0.2, 0) is 4.57 Å². The molecule has 4 nitrogen and oxygen atoms in total. The highest BCUT2D eigenvalue weighted by Gasteiger charge is 2.18. The summed E-state index contributed by atoms with van der Waals surface area (Å²) in [5.74, 6) is 0. The molecule has 6 heteroatoms. The Morgan fingerprint density at radius 2 is 1.13 bits per heavy atom. The first kappa shape index (κ1) is 25.6. The van der Waals surface area contributed by atoms with Crippen molar-refractivity contribution in [2.75, 3.05) is 33.3 Å². The molecule has 0 spiro atoms. The third-order valence-electron chi connectivity index (χ3n) is 4.33. The van der Waals surface area contributed by atoms with Gasteiger partial charge in [0.25, 0.3) is 0 Å². The molecular formula is C17H39ClNO3P. The maximum absolute atomic E-state index is 10.8. The first-order valence-corrected chi connectivity index (χ1v) is 10.9. The van der Waals surface area contributed by atoms with E-state index in [1.165, 1.54) is 64.2 Å². The molecule has 0 unspecified atom stereocenters. The zero-order valence-electron chi connectivity index (χ0n) is 15.5. The lowest BCUT2D eigenvalue weighted by Crippen LogP contribution is -3.00. The molecule has 0 aromatic carbocycles. The van der Waals surface area contributed by atoms with Crippen LogP contribution in [0.25, 0.3) is 0 Å². The summed E-state index contributed by atoms with van der Waals surface area (Å²) in [6, 6.07) is 0. The van der Waals surface area contributed by atoms with Crippen molar-refractivity contribution >= 4 is 7.60 Å². The van der Waals surface area contributed by atoms with E-state index < -0.39 is 7.60 Å². The highest BCUT2D eigenvalue weighted by atomic mass is 35.5. The number of rotatable bonds is 15. The monoisotopic (exact) mass is 371 g/mol. The van der Waals surface area contributed by atoms with Gasteiger partial charge in [0.2, 0.25) is 0 Å². The molecular weight excluding hydrogens is 333 g/mol. The number of nitrogens with zero attached hydrogens (tertiary/aromatic N) is 1. The quantitative estimate of drug-likeness (QED) is 0.261. The standard InChI is InChI=1S/C17H38NO3P.ClH/c1-4-5-6-7-8-9-10-11-12-13-15-18(2,3)16-14-17-22(19,20)21;/h4-17H2,1-3H3,(H-,19,20,21);1H. The fourth-order valence-electron chi connectivity index (χ4n) is 2.84. The first-order chi connectivity index (χ1) is 10.3. The molecule has 0 fully saturated rings. The van der Waals surface area contributed by atoms with E-state index in [1.54, 1.807) is 0 Å². The fourth-order valence-corrected chi connectivity index (χ4v) is 3.40. The number of halogens is 1. The zero-order chi connectivity index (χ0) is 16.9.